The zero-order chi connectivity index (χ0) is 19.0. The van der Waals surface area contributed by atoms with E-state index < -0.39 is 17.8 Å². The molecule has 0 saturated carbocycles. The molecule has 1 aliphatic rings. The zero-order valence-electron chi connectivity index (χ0n) is 14.5. The normalized spacial score (nSPS) is 16.0. The van der Waals surface area contributed by atoms with Gasteiger partial charge in [0.15, 0.2) is 6.61 Å². The largest absolute Gasteiger partial charge is 0.483 e. The molecule has 1 aromatic heterocycles. The number of aromatic nitrogens is 1. The SMILES string of the molecule is CC1C(=O)Nc2cc(F)ccc2N1C(=O)COc1cccc2cnccc12. The first-order chi connectivity index (χ1) is 13.0. The molecule has 0 spiro atoms. The summed E-state index contributed by atoms with van der Waals surface area (Å²) >= 11 is 0. The summed E-state index contributed by atoms with van der Waals surface area (Å²) in [6.45, 7) is 1.36. The Morgan fingerprint density at radius 2 is 2.15 bits per heavy atom. The van der Waals surface area contributed by atoms with Gasteiger partial charge in [-0.05, 0) is 37.3 Å². The lowest BCUT2D eigenvalue weighted by atomic mass is 10.1. The number of carbonyl (C=O) groups is 2. The molecule has 0 aliphatic carbocycles. The lowest BCUT2D eigenvalue weighted by Gasteiger charge is -2.34. The fraction of sp³-hybridized carbons (Fsp3) is 0.150. The molecule has 136 valence electrons. The number of halogens is 1. The van der Waals surface area contributed by atoms with E-state index in [2.05, 4.69) is 10.3 Å². The molecular formula is C20H16FN3O3. The van der Waals surface area contributed by atoms with E-state index in [9.17, 15) is 14.0 Å². The van der Waals surface area contributed by atoms with Gasteiger partial charge >= 0.3 is 0 Å². The number of nitrogens with zero attached hydrogens (tertiary/aromatic N) is 2. The van der Waals surface area contributed by atoms with Crippen molar-refractivity contribution in [1.29, 1.82) is 0 Å². The highest BCUT2D eigenvalue weighted by molar-refractivity contribution is 6.12. The molecule has 0 bridgehead atoms. The van der Waals surface area contributed by atoms with E-state index in [-0.39, 0.29) is 18.2 Å². The predicted molar refractivity (Wildman–Crippen MR) is 99.2 cm³/mol. The Hall–Kier alpha value is -3.48. The molecular weight excluding hydrogens is 349 g/mol. The summed E-state index contributed by atoms with van der Waals surface area (Å²) in [6.07, 6.45) is 3.37. The van der Waals surface area contributed by atoms with Crippen molar-refractivity contribution in [2.24, 2.45) is 0 Å². The van der Waals surface area contributed by atoms with Crippen molar-refractivity contribution in [3.8, 4) is 5.75 Å². The Morgan fingerprint density at radius 1 is 1.30 bits per heavy atom. The van der Waals surface area contributed by atoms with Crippen LogP contribution >= 0.6 is 0 Å². The van der Waals surface area contributed by atoms with Crippen molar-refractivity contribution in [1.82, 2.24) is 4.98 Å². The van der Waals surface area contributed by atoms with Crippen molar-refractivity contribution in [3.05, 3.63) is 60.7 Å². The number of hydrogen-bond acceptors (Lipinski definition) is 4. The minimum absolute atomic E-state index is 0.254. The van der Waals surface area contributed by atoms with E-state index in [0.717, 1.165) is 10.8 Å². The molecule has 1 N–H and O–H groups in total. The van der Waals surface area contributed by atoms with Gasteiger partial charge in [-0.15, -0.1) is 0 Å². The lowest BCUT2D eigenvalue weighted by molar-refractivity contribution is -0.124. The maximum absolute atomic E-state index is 13.5. The highest BCUT2D eigenvalue weighted by Crippen LogP contribution is 2.33. The topological polar surface area (TPSA) is 71.5 Å². The summed E-state index contributed by atoms with van der Waals surface area (Å²) in [5.41, 5.74) is 0.710. The summed E-state index contributed by atoms with van der Waals surface area (Å²) in [7, 11) is 0. The third-order valence-electron chi connectivity index (χ3n) is 4.50. The van der Waals surface area contributed by atoms with Gasteiger partial charge in [0.1, 0.15) is 17.6 Å². The third-order valence-corrected chi connectivity index (χ3v) is 4.50. The number of nitrogens with one attached hydrogen (secondary N) is 1. The Balaban J connectivity index is 1.60. The van der Waals surface area contributed by atoms with Crippen molar-refractivity contribution >= 4 is 34.0 Å². The van der Waals surface area contributed by atoms with Crippen LogP contribution in [0.4, 0.5) is 15.8 Å². The molecule has 0 fully saturated rings. The number of pyridine rings is 1. The van der Waals surface area contributed by atoms with Gasteiger partial charge in [-0.1, -0.05) is 12.1 Å². The average molecular weight is 365 g/mol. The standard InChI is InChI=1S/C20H16FN3O3/c1-12-20(26)23-16-9-14(21)5-6-17(16)24(12)19(25)11-27-18-4-2-3-13-10-22-8-7-15(13)18/h2-10,12H,11H2,1H3,(H,23,26). The van der Waals surface area contributed by atoms with E-state index >= 15 is 0 Å². The first-order valence-electron chi connectivity index (χ1n) is 8.42. The van der Waals surface area contributed by atoms with Gasteiger partial charge < -0.3 is 10.1 Å². The summed E-state index contributed by atoms with van der Waals surface area (Å²) < 4.78 is 19.2. The van der Waals surface area contributed by atoms with Crippen LogP contribution in [0.1, 0.15) is 6.92 Å². The molecule has 2 amide bonds. The molecule has 2 aromatic carbocycles. The highest BCUT2D eigenvalue weighted by atomic mass is 19.1. The maximum atomic E-state index is 13.5. The summed E-state index contributed by atoms with van der Waals surface area (Å²) in [5, 5.41) is 4.35. The molecule has 3 aromatic rings. The number of carbonyl (C=O) groups excluding carboxylic acids is 2. The minimum atomic E-state index is -0.726. The maximum Gasteiger partial charge on any atom is 0.265 e. The van der Waals surface area contributed by atoms with Crippen LogP contribution in [0.25, 0.3) is 10.8 Å². The van der Waals surface area contributed by atoms with Crippen LogP contribution in [0.3, 0.4) is 0 Å². The smallest absolute Gasteiger partial charge is 0.265 e. The summed E-state index contributed by atoms with van der Waals surface area (Å²) in [4.78, 5) is 30.4. The Bertz CT molecular complexity index is 1050. The summed E-state index contributed by atoms with van der Waals surface area (Å²) in [5.74, 6) is -0.706. The van der Waals surface area contributed by atoms with E-state index in [1.165, 1.54) is 23.1 Å². The molecule has 2 heterocycles. The second kappa shape index (κ2) is 6.68. The lowest BCUT2D eigenvalue weighted by Crippen LogP contribution is -2.50. The molecule has 1 unspecified atom stereocenters. The number of rotatable bonds is 3. The number of amides is 2. The number of anilines is 2. The molecule has 6 nitrogen and oxygen atoms in total. The second-order valence-corrected chi connectivity index (χ2v) is 6.23. The van der Waals surface area contributed by atoms with Gasteiger partial charge in [0.05, 0.1) is 11.4 Å². The van der Waals surface area contributed by atoms with Gasteiger partial charge in [0.25, 0.3) is 5.91 Å². The van der Waals surface area contributed by atoms with E-state index in [1.54, 1.807) is 25.4 Å². The highest BCUT2D eigenvalue weighted by Gasteiger charge is 2.34. The van der Waals surface area contributed by atoms with Gasteiger partial charge in [-0.25, -0.2) is 4.39 Å². The Kier molecular flexibility index (Phi) is 4.19. The molecule has 7 heteroatoms. The van der Waals surface area contributed by atoms with Gasteiger partial charge in [-0.2, -0.15) is 0 Å². The van der Waals surface area contributed by atoms with Crippen molar-refractivity contribution in [3.63, 3.8) is 0 Å². The molecule has 27 heavy (non-hydrogen) atoms. The molecule has 4 rings (SSSR count). The Labute approximate surface area is 154 Å². The van der Waals surface area contributed by atoms with Gasteiger partial charge in [0, 0.05) is 23.2 Å². The van der Waals surface area contributed by atoms with Crippen molar-refractivity contribution in [2.75, 3.05) is 16.8 Å². The third kappa shape index (κ3) is 3.08. The van der Waals surface area contributed by atoms with Crippen LogP contribution in [0.5, 0.6) is 5.75 Å². The van der Waals surface area contributed by atoms with Crippen molar-refractivity contribution < 1.29 is 18.7 Å². The minimum Gasteiger partial charge on any atom is -0.483 e. The quantitative estimate of drug-likeness (QED) is 0.774. The van der Waals surface area contributed by atoms with Crippen LogP contribution in [0, 0.1) is 5.82 Å². The van der Waals surface area contributed by atoms with Crippen molar-refractivity contribution in [2.45, 2.75) is 13.0 Å². The summed E-state index contributed by atoms with van der Waals surface area (Å²) in [6, 6.07) is 10.5. The van der Waals surface area contributed by atoms with Crippen LogP contribution in [-0.2, 0) is 9.59 Å². The average Bonchev–Trinajstić information content (AvgIpc) is 2.67. The van der Waals surface area contributed by atoms with E-state index in [4.69, 9.17) is 4.74 Å². The van der Waals surface area contributed by atoms with Crippen LogP contribution in [-0.4, -0.2) is 29.4 Å². The molecule has 1 aliphatic heterocycles. The zero-order valence-corrected chi connectivity index (χ0v) is 14.5. The monoisotopic (exact) mass is 365 g/mol. The van der Waals surface area contributed by atoms with E-state index in [0.29, 0.717) is 11.4 Å². The fourth-order valence-corrected chi connectivity index (χ4v) is 3.16. The number of benzene rings is 2. The Morgan fingerprint density at radius 3 is 3.00 bits per heavy atom. The molecule has 0 saturated heterocycles. The fourth-order valence-electron chi connectivity index (χ4n) is 3.16. The van der Waals surface area contributed by atoms with Crippen LogP contribution < -0.4 is 15.0 Å². The first kappa shape index (κ1) is 17.0. The molecule has 0 radical (unpaired) electrons. The number of fused-ring (bicyclic) bond motifs is 2. The first-order valence-corrected chi connectivity index (χ1v) is 8.42. The molecule has 1 atom stereocenters. The van der Waals surface area contributed by atoms with Gasteiger partial charge in [-0.3, -0.25) is 19.5 Å². The van der Waals surface area contributed by atoms with E-state index in [1.807, 2.05) is 18.2 Å². The number of ether oxygens (including phenoxy) is 1. The second-order valence-electron chi connectivity index (χ2n) is 6.23. The van der Waals surface area contributed by atoms with Gasteiger partial charge in [0.2, 0.25) is 5.91 Å². The van der Waals surface area contributed by atoms with Crippen LogP contribution in [0.2, 0.25) is 0 Å². The predicted octanol–water partition coefficient (Wildman–Crippen LogP) is 3.13. The van der Waals surface area contributed by atoms with Crippen LogP contribution in [0.15, 0.2) is 54.9 Å². The number of hydrogen-bond donors (Lipinski definition) is 1.